The molecule has 0 saturated carbocycles. The molecule has 62 valence electrons. The highest BCUT2D eigenvalue weighted by atomic mass is 16.7. The van der Waals surface area contributed by atoms with Crippen molar-refractivity contribution in [2.45, 2.75) is 20.0 Å². The molecule has 0 aromatic rings. The van der Waals surface area contributed by atoms with Crippen LogP contribution in [-0.2, 0) is 9.47 Å². The number of carbonyl (C=O) groups is 1. The Bertz CT molecular complexity index is 159. The first-order valence-corrected chi connectivity index (χ1v) is 3.31. The summed E-state index contributed by atoms with van der Waals surface area (Å²) < 4.78 is 9.13. The van der Waals surface area contributed by atoms with Crippen molar-refractivity contribution in [3.8, 4) is 0 Å². The Labute approximate surface area is 66.3 Å². The highest BCUT2D eigenvalue weighted by Gasteiger charge is 2.02. The minimum absolute atomic E-state index is 0.153. The lowest BCUT2D eigenvalue weighted by molar-refractivity contribution is 0.0601. The summed E-state index contributed by atoms with van der Waals surface area (Å²) in [5, 5.41) is 0. The molecule has 0 radical (unpaired) electrons. The molecule has 0 fully saturated rings. The SMILES string of the molecule is C=CC=COC(=O)OC(C)C. The van der Waals surface area contributed by atoms with Crippen LogP contribution in [0.1, 0.15) is 13.8 Å². The van der Waals surface area contributed by atoms with Gasteiger partial charge in [-0.2, -0.15) is 0 Å². The van der Waals surface area contributed by atoms with Gasteiger partial charge in [0.05, 0.1) is 12.4 Å². The minimum atomic E-state index is -0.696. The molecule has 0 atom stereocenters. The van der Waals surface area contributed by atoms with Crippen molar-refractivity contribution >= 4 is 6.16 Å². The van der Waals surface area contributed by atoms with E-state index in [-0.39, 0.29) is 6.10 Å². The van der Waals surface area contributed by atoms with E-state index in [1.165, 1.54) is 18.4 Å². The van der Waals surface area contributed by atoms with Crippen LogP contribution in [0.15, 0.2) is 25.0 Å². The third-order valence-electron chi connectivity index (χ3n) is 0.711. The summed E-state index contributed by atoms with van der Waals surface area (Å²) >= 11 is 0. The van der Waals surface area contributed by atoms with Crippen molar-refractivity contribution in [3.63, 3.8) is 0 Å². The van der Waals surface area contributed by atoms with E-state index in [9.17, 15) is 4.79 Å². The van der Waals surface area contributed by atoms with Gasteiger partial charge in [-0.1, -0.05) is 12.7 Å². The van der Waals surface area contributed by atoms with Crippen LogP contribution in [0.2, 0.25) is 0 Å². The molecule has 0 spiro atoms. The second-order valence-corrected chi connectivity index (χ2v) is 2.10. The van der Waals surface area contributed by atoms with Crippen molar-refractivity contribution in [2.24, 2.45) is 0 Å². The normalized spacial score (nSPS) is 10.1. The van der Waals surface area contributed by atoms with E-state index in [2.05, 4.69) is 16.1 Å². The van der Waals surface area contributed by atoms with Gasteiger partial charge in [0.2, 0.25) is 0 Å². The number of hydrogen-bond acceptors (Lipinski definition) is 3. The van der Waals surface area contributed by atoms with Crippen LogP contribution in [-0.4, -0.2) is 12.3 Å². The Hall–Kier alpha value is -1.25. The molecule has 11 heavy (non-hydrogen) atoms. The summed E-state index contributed by atoms with van der Waals surface area (Å²) in [4.78, 5) is 10.6. The molecule has 0 rings (SSSR count). The van der Waals surface area contributed by atoms with Gasteiger partial charge in [-0.05, 0) is 19.9 Å². The maximum absolute atomic E-state index is 10.6. The molecule has 0 heterocycles. The maximum atomic E-state index is 10.6. The molecule has 0 bridgehead atoms. The second-order valence-electron chi connectivity index (χ2n) is 2.10. The van der Waals surface area contributed by atoms with Gasteiger partial charge in [0.25, 0.3) is 0 Å². The molecule has 0 aliphatic carbocycles. The lowest BCUT2D eigenvalue weighted by Gasteiger charge is -2.04. The quantitative estimate of drug-likeness (QED) is 0.357. The van der Waals surface area contributed by atoms with E-state index in [1.807, 2.05) is 0 Å². The Morgan fingerprint density at radius 1 is 1.55 bits per heavy atom. The van der Waals surface area contributed by atoms with Crippen LogP contribution < -0.4 is 0 Å². The number of carbonyl (C=O) groups excluding carboxylic acids is 1. The molecule has 0 aromatic heterocycles. The molecule has 3 heteroatoms. The van der Waals surface area contributed by atoms with Crippen LogP contribution in [0.5, 0.6) is 0 Å². The molecule has 3 nitrogen and oxygen atoms in total. The topological polar surface area (TPSA) is 35.5 Å². The van der Waals surface area contributed by atoms with Crippen LogP contribution in [0.25, 0.3) is 0 Å². The first-order valence-electron chi connectivity index (χ1n) is 3.31. The largest absolute Gasteiger partial charge is 0.513 e. The number of rotatable bonds is 3. The first-order chi connectivity index (χ1) is 5.16. The summed E-state index contributed by atoms with van der Waals surface area (Å²) in [5.41, 5.74) is 0. The van der Waals surface area contributed by atoms with E-state index >= 15 is 0 Å². The summed E-state index contributed by atoms with van der Waals surface area (Å²) in [6.07, 6.45) is 3.37. The van der Waals surface area contributed by atoms with Crippen molar-refractivity contribution in [1.82, 2.24) is 0 Å². The van der Waals surface area contributed by atoms with Crippen LogP contribution >= 0.6 is 0 Å². The maximum Gasteiger partial charge on any atom is 0.513 e. The number of allylic oxidation sites excluding steroid dienone is 2. The van der Waals surface area contributed by atoms with E-state index in [0.717, 1.165) is 0 Å². The molecule has 0 aliphatic heterocycles. The van der Waals surface area contributed by atoms with E-state index in [0.29, 0.717) is 0 Å². The van der Waals surface area contributed by atoms with Crippen molar-refractivity contribution in [3.05, 3.63) is 25.0 Å². The third-order valence-corrected chi connectivity index (χ3v) is 0.711. The zero-order chi connectivity index (χ0) is 8.69. The Morgan fingerprint density at radius 3 is 2.64 bits per heavy atom. The highest BCUT2D eigenvalue weighted by Crippen LogP contribution is 1.92. The van der Waals surface area contributed by atoms with Gasteiger partial charge in [-0.25, -0.2) is 4.79 Å². The van der Waals surface area contributed by atoms with Crippen molar-refractivity contribution < 1.29 is 14.3 Å². The fourth-order valence-corrected chi connectivity index (χ4v) is 0.371. The molecule has 0 unspecified atom stereocenters. The van der Waals surface area contributed by atoms with Gasteiger partial charge in [-0.3, -0.25) is 0 Å². The summed E-state index contributed by atoms with van der Waals surface area (Å²) in [6, 6.07) is 0. The van der Waals surface area contributed by atoms with Gasteiger partial charge < -0.3 is 9.47 Å². The van der Waals surface area contributed by atoms with Crippen LogP contribution in [0.3, 0.4) is 0 Å². The summed E-state index contributed by atoms with van der Waals surface area (Å²) in [5.74, 6) is 0. The van der Waals surface area contributed by atoms with E-state index in [1.54, 1.807) is 13.8 Å². The average molecular weight is 156 g/mol. The smallest absolute Gasteiger partial charge is 0.431 e. The fraction of sp³-hybridized carbons (Fsp3) is 0.375. The van der Waals surface area contributed by atoms with Gasteiger partial charge in [0, 0.05) is 0 Å². The van der Waals surface area contributed by atoms with Crippen LogP contribution in [0.4, 0.5) is 4.79 Å². The van der Waals surface area contributed by atoms with E-state index < -0.39 is 6.16 Å². The Kier molecular flexibility index (Phi) is 4.90. The van der Waals surface area contributed by atoms with Gasteiger partial charge in [0.15, 0.2) is 0 Å². The summed E-state index contributed by atoms with van der Waals surface area (Å²) in [7, 11) is 0. The zero-order valence-electron chi connectivity index (χ0n) is 6.74. The predicted molar refractivity (Wildman–Crippen MR) is 42.0 cm³/mol. The lowest BCUT2D eigenvalue weighted by Crippen LogP contribution is -2.10. The molecular formula is C8H12O3. The highest BCUT2D eigenvalue weighted by molar-refractivity contribution is 5.60. The van der Waals surface area contributed by atoms with Crippen molar-refractivity contribution in [1.29, 1.82) is 0 Å². The Balaban J connectivity index is 3.53. The molecule has 0 aliphatic rings. The van der Waals surface area contributed by atoms with E-state index in [4.69, 9.17) is 0 Å². The predicted octanol–water partition coefficient (Wildman–Crippen LogP) is 2.25. The number of ether oxygens (including phenoxy) is 2. The lowest BCUT2D eigenvalue weighted by atomic mass is 10.5. The standard InChI is InChI=1S/C8H12O3/c1-4-5-6-10-8(9)11-7(2)3/h4-7H,1H2,2-3H3. The average Bonchev–Trinajstić information content (AvgIpc) is 1.86. The molecule has 0 N–H and O–H groups in total. The molecule has 0 aromatic carbocycles. The molecule has 0 amide bonds. The van der Waals surface area contributed by atoms with Gasteiger partial charge in [0.1, 0.15) is 0 Å². The zero-order valence-corrected chi connectivity index (χ0v) is 6.74. The van der Waals surface area contributed by atoms with Crippen molar-refractivity contribution in [2.75, 3.05) is 0 Å². The van der Waals surface area contributed by atoms with Crippen LogP contribution in [0, 0.1) is 0 Å². The fourth-order valence-electron chi connectivity index (χ4n) is 0.371. The first kappa shape index (κ1) is 9.75. The van der Waals surface area contributed by atoms with Gasteiger partial charge >= 0.3 is 6.16 Å². The molecule has 0 saturated heterocycles. The third kappa shape index (κ3) is 6.64. The molecular weight excluding hydrogens is 144 g/mol. The summed E-state index contributed by atoms with van der Waals surface area (Å²) in [6.45, 7) is 6.90. The second kappa shape index (κ2) is 5.53. The number of hydrogen-bond donors (Lipinski definition) is 0. The monoisotopic (exact) mass is 156 g/mol. The Morgan fingerprint density at radius 2 is 2.18 bits per heavy atom. The van der Waals surface area contributed by atoms with Gasteiger partial charge in [-0.15, -0.1) is 0 Å². The minimum Gasteiger partial charge on any atom is -0.431 e.